The van der Waals surface area contributed by atoms with Crippen LogP contribution in [-0.4, -0.2) is 31.6 Å². The van der Waals surface area contributed by atoms with Gasteiger partial charge in [-0.05, 0) is 43.5 Å². The number of carbonyl (C=O) groups is 1. The second-order valence-electron chi connectivity index (χ2n) is 5.72. The van der Waals surface area contributed by atoms with Gasteiger partial charge in [-0.2, -0.15) is 0 Å². The molecule has 1 N–H and O–H groups in total. The van der Waals surface area contributed by atoms with Crippen LogP contribution < -0.4 is 4.72 Å². The first-order valence-electron chi connectivity index (χ1n) is 7.97. The molecule has 1 amide bonds. The van der Waals surface area contributed by atoms with Gasteiger partial charge in [-0.15, -0.1) is 11.3 Å². The summed E-state index contributed by atoms with van der Waals surface area (Å²) in [7, 11) is -3.80. The number of aryl methyl sites for hydroxylation is 1. The number of thiazole rings is 1. The minimum atomic E-state index is -3.80. The van der Waals surface area contributed by atoms with Crippen LogP contribution in [0.5, 0.6) is 0 Å². The molecule has 1 aromatic carbocycles. The molecule has 142 valence electrons. The summed E-state index contributed by atoms with van der Waals surface area (Å²) in [4.78, 5) is 19.9. The maximum Gasteiger partial charge on any atom is 0.286 e. The van der Waals surface area contributed by atoms with Crippen LogP contribution in [0.1, 0.15) is 17.7 Å². The molecule has 1 aliphatic rings. The van der Waals surface area contributed by atoms with Crippen molar-refractivity contribution < 1.29 is 17.9 Å². The molecule has 3 rings (SSSR count). The lowest BCUT2D eigenvalue weighted by Gasteiger charge is -2.10. The van der Waals surface area contributed by atoms with Crippen molar-refractivity contribution in [3.05, 3.63) is 52.2 Å². The van der Waals surface area contributed by atoms with Gasteiger partial charge in [-0.1, -0.05) is 17.7 Å². The summed E-state index contributed by atoms with van der Waals surface area (Å²) in [5.74, 6) is -0.354. The maximum absolute atomic E-state index is 12.6. The summed E-state index contributed by atoms with van der Waals surface area (Å²) < 4.78 is 32.9. The van der Waals surface area contributed by atoms with E-state index in [1.807, 2.05) is 0 Å². The minimum absolute atomic E-state index is 0.105. The number of allylic oxidation sites excluding steroid dienone is 1. The lowest BCUT2D eigenvalue weighted by atomic mass is 10.1. The Morgan fingerprint density at radius 3 is 3.00 bits per heavy atom. The number of hydrogen-bond acceptors (Lipinski definition) is 6. The average Bonchev–Trinajstić information content (AvgIpc) is 2.95. The Bertz CT molecular complexity index is 1010. The number of benzene rings is 1. The number of rotatable bonds is 6. The molecule has 1 aliphatic heterocycles. The topological polar surface area (TPSA) is 97.7 Å². The monoisotopic (exact) mass is 425 g/mol. The van der Waals surface area contributed by atoms with E-state index in [0.717, 1.165) is 0 Å². The molecule has 0 fully saturated rings. The fraction of sp³-hybridized carbons (Fsp3) is 0.235. The number of aromatic nitrogens is 1. The molecule has 1 atom stereocenters. The second kappa shape index (κ2) is 8.20. The van der Waals surface area contributed by atoms with E-state index in [1.165, 1.54) is 29.9 Å². The number of halogens is 1. The van der Waals surface area contributed by atoms with Crippen LogP contribution >= 0.6 is 22.9 Å². The average molecular weight is 426 g/mol. The van der Waals surface area contributed by atoms with E-state index in [1.54, 1.807) is 30.5 Å². The van der Waals surface area contributed by atoms with Crippen molar-refractivity contribution >= 4 is 50.2 Å². The predicted octanol–water partition coefficient (Wildman–Crippen LogP) is 3.35. The van der Waals surface area contributed by atoms with Gasteiger partial charge in [0, 0.05) is 16.6 Å². The third kappa shape index (κ3) is 4.74. The molecule has 2 heterocycles. The predicted molar refractivity (Wildman–Crippen MR) is 105 cm³/mol. The normalized spacial score (nSPS) is 16.8. The van der Waals surface area contributed by atoms with Gasteiger partial charge in [0.1, 0.15) is 0 Å². The quantitative estimate of drug-likeness (QED) is 0.765. The first-order valence-corrected chi connectivity index (χ1v) is 10.7. The largest absolute Gasteiger partial charge is 0.488 e. The molecule has 0 saturated heterocycles. The number of nitrogens with one attached hydrogen (secondary N) is 1. The lowest BCUT2D eigenvalue weighted by Crippen LogP contribution is -2.20. The number of carbonyl (C=O) groups excluding carboxylic acids is 1. The van der Waals surface area contributed by atoms with E-state index in [-0.39, 0.29) is 15.9 Å². The fourth-order valence-corrected chi connectivity index (χ4v) is 4.92. The number of nitrogens with zero attached hydrogens (tertiary/aromatic N) is 2. The highest BCUT2D eigenvalue weighted by atomic mass is 35.5. The van der Waals surface area contributed by atoms with Crippen LogP contribution in [0.4, 0.5) is 5.13 Å². The van der Waals surface area contributed by atoms with Crippen LogP contribution in [0.2, 0.25) is 5.02 Å². The smallest absolute Gasteiger partial charge is 0.286 e. The molecule has 0 saturated carbocycles. The second-order valence-corrected chi connectivity index (χ2v) is 8.64. The van der Waals surface area contributed by atoms with Crippen molar-refractivity contribution in [1.82, 2.24) is 4.98 Å². The number of anilines is 1. The lowest BCUT2D eigenvalue weighted by molar-refractivity contribution is -0.126. The van der Waals surface area contributed by atoms with Crippen molar-refractivity contribution in [2.24, 2.45) is 4.99 Å². The Kier molecular flexibility index (Phi) is 5.93. The van der Waals surface area contributed by atoms with Crippen molar-refractivity contribution in [2.45, 2.75) is 30.8 Å². The number of ether oxygens (including phenoxy) is 1. The molecule has 0 bridgehead atoms. The zero-order valence-corrected chi connectivity index (χ0v) is 16.6. The molecule has 7 nitrogen and oxygen atoms in total. The van der Waals surface area contributed by atoms with Gasteiger partial charge in [-0.25, -0.2) is 18.4 Å². The van der Waals surface area contributed by atoms with Crippen molar-refractivity contribution in [3.63, 3.8) is 0 Å². The van der Waals surface area contributed by atoms with E-state index >= 15 is 0 Å². The molecule has 1 aromatic heterocycles. The minimum Gasteiger partial charge on any atom is -0.488 e. The van der Waals surface area contributed by atoms with Gasteiger partial charge in [-0.3, -0.25) is 9.52 Å². The number of hydrogen-bond donors (Lipinski definition) is 1. The van der Waals surface area contributed by atoms with E-state index < -0.39 is 16.1 Å². The molecule has 0 radical (unpaired) electrons. The third-order valence-corrected chi connectivity index (χ3v) is 6.66. The maximum atomic E-state index is 12.6. The number of aliphatic imine (C=N–C) groups is 1. The van der Waals surface area contributed by atoms with Crippen LogP contribution in [0, 0.1) is 6.92 Å². The molecular weight excluding hydrogens is 410 g/mol. The van der Waals surface area contributed by atoms with Crippen LogP contribution in [0.25, 0.3) is 0 Å². The van der Waals surface area contributed by atoms with Crippen LogP contribution in [-0.2, 0) is 26.0 Å². The van der Waals surface area contributed by atoms with Gasteiger partial charge < -0.3 is 4.74 Å². The first-order chi connectivity index (χ1) is 12.9. The zero-order chi connectivity index (χ0) is 19.4. The molecule has 1 unspecified atom stereocenters. The summed E-state index contributed by atoms with van der Waals surface area (Å²) in [6, 6.07) is 4.70. The molecule has 10 heteroatoms. The van der Waals surface area contributed by atoms with Gasteiger partial charge in [0.25, 0.3) is 15.9 Å². The Morgan fingerprint density at radius 1 is 1.37 bits per heavy atom. The van der Waals surface area contributed by atoms with E-state index in [4.69, 9.17) is 16.3 Å². The van der Waals surface area contributed by atoms with E-state index in [2.05, 4.69) is 14.7 Å². The van der Waals surface area contributed by atoms with Crippen LogP contribution in [0.15, 0.2) is 45.8 Å². The molecular formula is C17H16ClN3O4S2. The van der Waals surface area contributed by atoms with Crippen molar-refractivity contribution in [3.8, 4) is 0 Å². The summed E-state index contributed by atoms with van der Waals surface area (Å²) in [6.07, 6.45) is 4.53. The van der Waals surface area contributed by atoms with Crippen LogP contribution in [0.3, 0.4) is 0 Å². The number of sulfonamides is 1. The Hall–Kier alpha value is -2.23. The molecule has 0 spiro atoms. The number of amides is 1. The SMILES string of the molecule is Cc1c(Cl)cccc1S(=O)(=O)Nc1nc(CCC2OC=CC=NC2=O)cs1. The highest BCUT2D eigenvalue weighted by Gasteiger charge is 2.21. The summed E-state index contributed by atoms with van der Waals surface area (Å²) in [5.41, 5.74) is 1.13. The highest BCUT2D eigenvalue weighted by molar-refractivity contribution is 7.93. The first kappa shape index (κ1) is 19.5. The van der Waals surface area contributed by atoms with Gasteiger partial charge in [0.05, 0.1) is 16.9 Å². The third-order valence-electron chi connectivity index (χ3n) is 3.83. The Morgan fingerprint density at radius 2 is 2.19 bits per heavy atom. The van der Waals surface area contributed by atoms with Crippen molar-refractivity contribution in [2.75, 3.05) is 4.72 Å². The van der Waals surface area contributed by atoms with E-state index in [0.29, 0.717) is 29.1 Å². The van der Waals surface area contributed by atoms with Crippen molar-refractivity contribution in [1.29, 1.82) is 0 Å². The fourth-order valence-electron chi connectivity index (χ4n) is 2.42. The summed E-state index contributed by atoms with van der Waals surface area (Å²) >= 11 is 7.18. The summed E-state index contributed by atoms with van der Waals surface area (Å²) in [6.45, 7) is 1.64. The van der Waals surface area contributed by atoms with Gasteiger partial charge >= 0.3 is 0 Å². The van der Waals surface area contributed by atoms with Gasteiger partial charge in [0.15, 0.2) is 11.2 Å². The Balaban J connectivity index is 1.67. The molecule has 2 aromatic rings. The standard InChI is InChI=1S/C17H16ClN3O4S2/c1-11-13(18)4-2-5-15(11)27(23,24)21-17-20-12(10-26-17)6-7-14-16(22)19-8-3-9-25-14/h2-5,8-10,14H,6-7H2,1H3,(H,20,21). The molecule has 0 aliphatic carbocycles. The highest BCUT2D eigenvalue weighted by Crippen LogP contribution is 2.26. The summed E-state index contributed by atoms with van der Waals surface area (Å²) in [5, 5.41) is 2.36. The molecule has 27 heavy (non-hydrogen) atoms. The van der Waals surface area contributed by atoms with Gasteiger partial charge in [0.2, 0.25) is 0 Å². The zero-order valence-electron chi connectivity index (χ0n) is 14.3. The Labute approximate surface area is 165 Å². The van der Waals surface area contributed by atoms with E-state index in [9.17, 15) is 13.2 Å².